The first-order valence-corrected chi connectivity index (χ1v) is 7.27. The van der Waals surface area contributed by atoms with Gasteiger partial charge in [0.1, 0.15) is 11.6 Å². The van der Waals surface area contributed by atoms with Gasteiger partial charge in [0.15, 0.2) is 0 Å². The van der Waals surface area contributed by atoms with E-state index in [-0.39, 0.29) is 11.9 Å². The first-order chi connectivity index (χ1) is 10.2. The zero-order valence-electron chi connectivity index (χ0n) is 12.8. The molecule has 2 aromatic carbocycles. The Morgan fingerprint density at radius 2 is 1.95 bits per heavy atom. The molecule has 0 fully saturated rings. The standard InChI is InChI=1S/C18H22FNO/c1-4-20-17(16-10-9-15(19)11-13(16)2)12-14-7-5-6-8-18(14)21-3/h5-11,17,20H,4,12H2,1-3H3. The Morgan fingerprint density at radius 1 is 1.19 bits per heavy atom. The summed E-state index contributed by atoms with van der Waals surface area (Å²) in [5, 5.41) is 3.48. The molecule has 0 aliphatic rings. The maximum absolute atomic E-state index is 13.3. The molecule has 0 amide bonds. The minimum atomic E-state index is -0.191. The fourth-order valence-corrected chi connectivity index (χ4v) is 2.66. The number of hydrogen-bond donors (Lipinski definition) is 1. The molecule has 0 saturated heterocycles. The van der Waals surface area contributed by atoms with E-state index in [2.05, 4.69) is 18.3 Å². The smallest absolute Gasteiger partial charge is 0.123 e. The van der Waals surface area contributed by atoms with Crippen LogP contribution >= 0.6 is 0 Å². The summed E-state index contributed by atoms with van der Waals surface area (Å²) in [6.07, 6.45) is 0.810. The highest BCUT2D eigenvalue weighted by Gasteiger charge is 2.16. The van der Waals surface area contributed by atoms with Crippen LogP contribution in [0.5, 0.6) is 5.75 Å². The molecule has 1 N–H and O–H groups in total. The Bertz CT molecular complexity index is 598. The number of hydrogen-bond acceptors (Lipinski definition) is 2. The minimum absolute atomic E-state index is 0.145. The lowest BCUT2D eigenvalue weighted by atomic mass is 9.95. The van der Waals surface area contributed by atoms with Crippen molar-refractivity contribution >= 4 is 0 Å². The van der Waals surface area contributed by atoms with Crippen molar-refractivity contribution in [2.24, 2.45) is 0 Å². The molecule has 3 heteroatoms. The van der Waals surface area contributed by atoms with Crippen molar-refractivity contribution in [1.29, 1.82) is 0 Å². The number of aryl methyl sites for hydroxylation is 1. The minimum Gasteiger partial charge on any atom is -0.496 e. The van der Waals surface area contributed by atoms with Gasteiger partial charge in [-0.3, -0.25) is 0 Å². The average molecular weight is 287 g/mol. The highest BCUT2D eigenvalue weighted by Crippen LogP contribution is 2.27. The van der Waals surface area contributed by atoms with E-state index in [0.717, 1.165) is 35.4 Å². The molecule has 112 valence electrons. The van der Waals surface area contributed by atoms with E-state index in [4.69, 9.17) is 4.74 Å². The fraction of sp³-hybridized carbons (Fsp3) is 0.333. The van der Waals surface area contributed by atoms with Crippen molar-refractivity contribution in [3.05, 3.63) is 65.0 Å². The SMILES string of the molecule is CCNC(Cc1ccccc1OC)c1ccc(F)cc1C. The lowest BCUT2D eigenvalue weighted by Gasteiger charge is -2.21. The van der Waals surface area contributed by atoms with E-state index in [1.165, 1.54) is 6.07 Å². The van der Waals surface area contributed by atoms with Crippen molar-refractivity contribution < 1.29 is 9.13 Å². The van der Waals surface area contributed by atoms with E-state index in [9.17, 15) is 4.39 Å². The molecule has 0 saturated carbocycles. The van der Waals surface area contributed by atoms with Gasteiger partial charge in [-0.25, -0.2) is 4.39 Å². The molecule has 0 spiro atoms. The Hall–Kier alpha value is -1.87. The largest absolute Gasteiger partial charge is 0.496 e. The predicted molar refractivity (Wildman–Crippen MR) is 84.3 cm³/mol. The molecule has 21 heavy (non-hydrogen) atoms. The van der Waals surface area contributed by atoms with Gasteiger partial charge in [-0.2, -0.15) is 0 Å². The summed E-state index contributed by atoms with van der Waals surface area (Å²) < 4.78 is 18.7. The summed E-state index contributed by atoms with van der Waals surface area (Å²) >= 11 is 0. The lowest BCUT2D eigenvalue weighted by molar-refractivity contribution is 0.405. The summed E-state index contributed by atoms with van der Waals surface area (Å²) in [5.74, 6) is 0.698. The number of ether oxygens (including phenoxy) is 1. The third kappa shape index (κ3) is 3.82. The van der Waals surface area contributed by atoms with Crippen molar-refractivity contribution in [3.8, 4) is 5.75 Å². The zero-order valence-corrected chi connectivity index (χ0v) is 12.8. The first-order valence-electron chi connectivity index (χ1n) is 7.27. The molecule has 0 aromatic heterocycles. The predicted octanol–water partition coefficient (Wildman–Crippen LogP) is 4.04. The van der Waals surface area contributed by atoms with Gasteiger partial charge in [0.05, 0.1) is 7.11 Å². The van der Waals surface area contributed by atoms with Crippen LogP contribution in [-0.2, 0) is 6.42 Å². The van der Waals surface area contributed by atoms with Gasteiger partial charge in [0.2, 0.25) is 0 Å². The Kier molecular flexibility index (Phi) is 5.34. The molecule has 0 aliphatic heterocycles. The van der Waals surface area contributed by atoms with Gasteiger partial charge in [0.25, 0.3) is 0 Å². The van der Waals surface area contributed by atoms with Gasteiger partial charge in [-0.05, 0) is 54.8 Å². The van der Waals surface area contributed by atoms with E-state index in [1.54, 1.807) is 13.2 Å². The number of benzene rings is 2. The van der Waals surface area contributed by atoms with Crippen LogP contribution < -0.4 is 10.1 Å². The van der Waals surface area contributed by atoms with Gasteiger partial charge in [-0.15, -0.1) is 0 Å². The molecule has 1 unspecified atom stereocenters. The molecular formula is C18H22FNO. The molecule has 2 aromatic rings. The number of likely N-dealkylation sites (N-methyl/N-ethyl adjacent to an activating group) is 1. The first kappa shape index (κ1) is 15.5. The maximum atomic E-state index is 13.3. The van der Waals surface area contributed by atoms with E-state index in [0.29, 0.717) is 0 Å². The van der Waals surface area contributed by atoms with Gasteiger partial charge < -0.3 is 10.1 Å². The van der Waals surface area contributed by atoms with Gasteiger partial charge >= 0.3 is 0 Å². The van der Waals surface area contributed by atoms with E-state index >= 15 is 0 Å². The molecule has 1 atom stereocenters. The van der Waals surface area contributed by atoms with Crippen molar-refractivity contribution in [1.82, 2.24) is 5.32 Å². The molecule has 2 nitrogen and oxygen atoms in total. The second-order valence-electron chi connectivity index (χ2n) is 5.13. The fourth-order valence-electron chi connectivity index (χ4n) is 2.66. The molecule has 0 aliphatic carbocycles. The third-order valence-corrected chi connectivity index (χ3v) is 3.67. The quantitative estimate of drug-likeness (QED) is 0.866. The maximum Gasteiger partial charge on any atom is 0.123 e. The van der Waals surface area contributed by atoms with Crippen LogP contribution in [0.25, 0.3) is 0 Å². The van der Waals surface area contributed by atoms with Crippen molar-refractivity contribution in [3.63, 3.8) is 0 Å². The highest BCUT2D eigenvalue weighted by atomic mass is 19.1. The summed E-state index contributed by atoms with van der Waals surface area (Å²) in [6, 6.07) is 13.1. The zero-order chi connectivity index (χ0) is 15.2. The Labute approximate surface area is 126 Å². The number of nitrogens with one attached hydrogen (secondary N) is 1. The second-order valence-corrected chi connectivity index (χ2v) is 5.13. The van der Waals surface area contributed by atoms with Crippen LogP contribution in [0.2, 0.25) is 0 Å². The third-order valence-electron chi connectivity index (χ3n) is 3.67. The van der Waals surface area contributed by atoms with Crippen molar-refractivity contribution in [2.75, 3.05) is 13.7 Å². The van der Waals surface area contributed by atoms with Crippen LogP contribution in [0.4, 0.5) is 4.39 Å². The number of para-hydroxylation sites is 1. The van der Waals surface area contributed by atoms with Crippen molar-refractivity contribution in [2.45, 2.75) is 26.3 Å². The Morgan fingerprint density at radius 3 is 2.62 bits per heavy atom. The van der Waals surface area contributed by atoms with Crippen LogP contribution in [0, 0.1) is 12.7 Å². The lowest BCUT2D eigenvalue weighted by Crippen LogP contribution is -2.24. The molecular weight excluding hydrogens is 265 g/mol. The monoisotopic (exact) mass is 287 g/mol. The van der Waals surface area contributed by atoms with E-state index < -0.39 is 0 Å². The van der Waals surface area contributed by atoms with E-state index in [1.807, 2.05) is 31.2 Å². The number of rotatable bonds is 6. The molecule has 0 bridgehead atoms. The van der Waals surface area contributed by atoms with Gasteiger partial charge in [-0.1, -0.05) is 31.2 Å². The summed E-state index contributed by atoms with van der Waals surface area (Å²) in [7, 11) is 1.68. The summed E-state index contributed by atoms with van der Waals surface area (Å²) in [4.78, 5) is 0. The molecule has 2 rings (SSSR count). The second kappa shape index (κ2) is 7.23. The molecule has 0 heterocycles. The Balaban J connectivity index is 2.30. The van der Waals surface area contributed by atoms with Crippen LogP contribution in [0.3, 0.4) is 0 Å². The summed E-state index contributed by atoms with van der Waals surface area (Å²) in [6.45, 7) is 4.88. The van der Waals surface area contributed by atoms with Crippen LogP contribution in [-0.4, -0.2) is 13.7 Å². The molecule has 0 radical (unpaired) electrons. The number of halogens is 1. The number of methoxy groups -OCH3 is 1. The highest BCUT2D eigenvalue weighted by molar-refractivity contribution is 5.37. The average Bonchev–Trinajstić information content (AvgIpc) is 2.47. The van der Waals surface area contributed by atoms with Crippen LogP contribution in [0.15, 0.2) is 42.5 Å². The normalized spacial score (nSPS) is 12.2. The van der Waals surface area contributed by atoms with Gasteiger partial charge in [0, 0.05) is 6.04 Å². The topological polar surface area (TPSA) is 21.3 Å². The summed E-state index contributed by atoms with van der Waals surface area (Å²) in [5.41, 5.74) is 3.25. The van der Waals surface area contributed by atoms with Crippen LogP contribution in [0.1, 0.15) is 29.7 Å².